The van der Waals surface area contributed by atoms with Crippen LogP contribution in [-0.4, -0.2) is 0 Å². The molecule has 0 saturated heterocycles. The molecular weight excluding hydrogens is 160 g/mol. The zero-order chi connectivity index (χ0) is 9.10. The van der Waals surface area contributed by atoms with E-state index in [0.29, 0.717) is 0 Å². The van der Waals surface area contributed by atoms with Crippen molar-refractivity contribution in [3.8, 4) is 16.9 Å². The molecule has 0 bridgehead atoms. The van der Waals surface area contributed by atoms with Crippen molar-refractivity contribution in [2.24, 2.45) is 0 Å². The minimum absolute atomic E-state index is 0.0568. The Hall–Kier alpha value is -1.76. The van der Waals surface area contributed by atoms with Crippen LogP contribution in [0.2, 0.25) is 0 Å². The van der Waals surface area contributed by atoms with Crippen LogP contribution < -0.4 is 0 Å². The smallest absolute Gasteiger partial charge is 0.179 e. The van der Waals surface area contributed by atoms with Crippen molar-refractivity contribution in [2.45, 2.75) is 0 Å². The van der Waals surface area contributed by atoms with E-state index in [1.807, 2.05) is 36.4 Å². The molecule has 0 atom stereocenters. The van der Waals surface area contributed by atoms with Crippen molar-refractivity contribution in [2.75, 3.05) is 0 Å². The molecule has 0 N–H and O–H groups in total. The second-order valence-corrected chi connectivity index (χ2v) is 2.89. The average Bonchev–Trinajstić information content (AvgIpc) is 2.19. The van der Waals surface area contributed by atoms with Gasteiger partial charge in [-0.05, 0) is 23.3 Å². The lowest BCUT2D eigenvalue weighted by Crippen LogP contribution is -1.74. The Balaban J connectivity index is 2.48. The Morgan fingerprint density at radius 1 is 0.692 bits per heavy atom. The Morgan fingerprint density at radius 3 is 2.08 bits per heavy atom. The molecular formula is C12H9O. The molecule has 13 heavy (non-hydrogen) atoms. The molecule has 0 fully saturated rings. The quantitative estimate of drug-likeness (QED) is 0.622. The van der Waals surface area contributed by atoms with E-state index in [1.165, 1.54) is 0 Å². The van der Waals surface area contributed by atoms with Gasteiger partial charge in [0.2, 0.25) is 0 Å². The molecule has 2 aromatic carbocycles. The standard InChI is InChI=1S/C12H9O/c13-12-8-4-7-11(9-12)10-5-2-1-3-6-10/h1-9H. The Labute approximate surface area is 77.3 Å². The third kappa shape index (κ3) is 1.70. The fraction of sp³-hybridized carbons (Fsp3) is 0. The molecule has 1 radical (unpaired) electrons. The van der Waals surface area contributed by atoms with Gasteiger partial charge in [0, 0.05) is 0 Å². The van der Waals surface area contributed by atoms with E-state index in [9.17, 15) is 5.11 Å². The molecule has 0 aliphatic rings. The fourth-order valence-electron chi connectivity index (χ4n) is 1.31. The summed E-state index contributed by atoms with van der Waals surface area (Å²) >= 11 is 0. The van der Waals surface area contributed by atoms with E-state index in [1.54, 1.807) is 18.2 Å². The lowest BCUT2D eigenvalue weighted by molar-refractivity contribution is 0.355. The first kappa shape index (κ1) is 7.87. The van der Waals surface area contributed by atoms with Gasteiger partial charge < -0.3 is 0 Å². The Kier molecular flexibility index (Phi) is 2.01. The second kappa shape index (κ2) is 3.31. The van der Waals surface area contributed by atoms with Crippen molar-refractivity contribution >= 4 is 0 Å². The molecule has 0 unspecified atom stereocenters. The van der Waals surface area contributed by atoms with Crippen molar-refractivity contribution in [1.29, 1.82) is 0 Å². The lowest BCUT2D eigenvalue weighted by atomic mass is 10.1. The zero-order valence-corrected chi connectivity index (χ0v) is 7.10. The maximum Gasteiger partial charge on any atom is 0.179 e. The minimum Gasteiger partial charge on any atom is -0.290 e. The Morgan fingerprint density at radius 2 is 1.38 bits per heavy atom. The first-order chi connectivity index (χ1) is 6.36. The highest BCUT2D eigenvalue weighted by molar-refractivity contribution is 5.64. The number of hydrogen-bond acceptors (Lipinski definition) is 0. The highest BCUT2D eigenvalue weighted by atomic mass is 16.3. The summed E-state index contributed by atoms with van der Waals surface area (Å²) in [5.74, 6) is 0.0568. The highest BCUT2D eigenvalue weighted by Gasteiger charge is 1.97. The Bertz CT molecular complexity index is 393. The van der Waals surface area contributed by atoms with Gasteiger partial charge in [0.05, 0.1) is 0 Å². The van der Waals surface area contributed by atoms with Crippen LogP contribution in [0.1, 0.15) is 0 Å². The first-order valence-corrected chi connectivity index (χ1v) is 4.19. The van der Waals surface area contributed by atoms with Gasteiger partial charge in [-0.1, -0.05) is 42.5 Å². The van der Waals surface area contributed by atoms with Gasteiger partial charge in [0.15, 0.2) is 5.75 Å². The summed E-state index contributed by atoms with van der Waals surface area (Å²) in [6.07, 6.45) is 0. The normalized spacial score (nSPS) is 9.85. The van der Waals surface area contributed by atoms with Crippen molar-refractivity contribution in [1.82, 2.24) is 0 Å². The van der Waals surface area contributed by atoms with Crippen LogP contribution in [0.3, 0.4) is 0 Å². The summed E-state index contributed by atoms with van der Waals surface area (Å²) in [5, 5.41) is 11.1. The summed E-state index contributed by atoms with van der Waals surface area (Å²) in [6.45, 7) is 0. The molecule has 2 rings (SSSR count). The van der Waals surface area contributed by atoms with Gasteiger partial charge in [-0.3, -0.25) is 5.11 Å². The van der Waals surface area contributed by atoms with E-state index in [0.717, 1.165) is 11.1 Å². The molecule has 0 saturated carbocycles. The molecule has 0 aromatic heterocycles. The third-order valence-corrected chi connectivity index (χ3v) is 1.94. The summed E-state index contributed by atoms with van der Waals surface area (Å²) in [7, 11) is 0. The van der Waals surface area contributed by atoms with E-state index in [2.05, 4.69) is 0 Å². The van der Waals surface area contributed by atoms with Crippen LogP contribution in [0.4, 0.5) is 0 Å². The van der Waals surface area contributed by atoms with E-state index >= 15 is 0 Å². The van der Waals surface area contributed by atoms with Gasteiger partial charge in [-0.25, -0.2) is 0 Å². The predicted molar refractivity (Wildman–Crippen MR) is 52.0 cm³/mol. The van der Waals surface area contributed by atoms with Crippen molar-refractivity contribution in [3.05, 3.63) is 54.6 Å². The molecule has 2 aromatic rings. The summed E-state index contributed by atoms with van der Waals surface area (Å²) in [5.41, 5.74) is 2.06. The van der Waals surface area contributed by atoms with Crippen molar-refractivity contribution in [3.63, 3.8) is 0 Å². The van der Waals surface area contributed by atoms with Crippen LogP contribution in [0.15, 0.2) is 54.6 Å². The number of benzene rings is 2. The molecule has 0 aliphatic carbocycles. The number of rotatable bonds is 1. The molecule has 63 valence electrons. The summed E-state index contributed by atoms with van der Waals surface area (Å²) in [4.78, 5) is 0. The third-order valence-electron chi connectivity index (χ3n) is 1.94. The topological polar surface area (TPSA) is 19.9 Å². The number of hydrogen-bond donors (Lipinski definition) is 0. The monoisotopic (exact) mass is 169 g/mol. The summed E-state index contributed by atoms with van der Waals surface area (Å²) < 4.78 is 0. The fourth-order valence-corrected chi connectivity index (χ4v) is 1.31. The average molecular weight is 169 g/mol. The SMILES string of the molecule is [O]c1cccc(-c2ccccc2)c1. The second-order valence-electron chi connectivity index (χ2n) is 2.89. The minimum atomic E-state index is 0.0568. The zero-order valence-electron chi connectivity index (χ0n) is 7.10. The molecule has 1 nitrogen and oxygen atoms in total. The molecule has 0 amide bonds. The van der Waals surface area contributed by atoms with Gasteiger partial charge >= 0.3 is 0 Å². The van der Waals surface area contributed by atoms with Gasteiger partial charge in [-0.15, -0.1) is 0 Å². The van der Waals surface area contributed by atoms with Crippen LogP contribution in [0.5, 0.6) is 5.75 Å². The van der Waals surface area contributed by atoms with Crippen molar-refractivity contribution < 1.29 is 5.11 Å². The summed E-state index contributed by atoms with van der Waals surface area (Å²) in [6, 6.07) is 16.8. The van der Waals surface area contributed by atoms with Crippen LogP contribution in [0.25, 0.3) is 11.1 Å². The van der Waals surface area contributed by atoms with Gasteiger partial charge in [0.1, 0.15) is 0 Å². The van der Waals surface area contributed by atoms with E-state index in [4.69, 9.17) is 0 Å². The maximum absolute atomic E-state index is 11.1. The predicted octanol–water partition coefficient (Wildman–Crippen LogP) is 3.50. The maximum atomic E-state index is 11.1. The lowest BCUT2D eigenvalue weighted by Gasteiger charge is -1.99. The van der Waals surface area contributed by atoms with E-state index < -0.39 is 0 Å². The van der Waals surface area contributed by atoms with Crippen LogP contribution in [0, 0.1) is 0 Å². The van der Waals surface area contributed by atoms with E-state index in [-0.39, 0.29) is 5.75 Å². The first-order valence-electron chi connectivity index (χ1n) is 4.19. The molecule has 0 heterocycles. The molecule has 0 spiro atoms. The van der Waals surface area contributed by atoms with Crippen LogP contribution >= 0.6 is 0 Å². The largest absolute Gasteiger partial charge is 0.290 e. The van der Waals surface area contributed by atoms with Gasteiger partial charge in [-0.2, -0.15) is 0 Å². The molecule has 0 aliphatic heterocycles. The van der Waals surface area contributed by atoms with Gasteiger partial charge in [0.25, 0.3) is 0 Å². The molecule has 1 heteroatoms. The highest BCUT2D eigenvalue weighted by Crippen LogP contribution is 2.22. The van der Waals surface area contributed by atoms with Crippen LogP contribution in [-0.2, 0) is 5.11 Å².